The average Bonchev–Trinajstić information content (AvgIpc) is 3.21. The van der Waals surface area contributed by atoms with Crippen molar-refractivity contribution in [3.8, 4) is 0 Å². The summed E-state index contributed by atoms with van der Waals surface area (Å²) in [5.41, 5.74) is 2.80. The van der Waals surface area contributed by atoms with E-state index in [0.29, 0.717) is 0 Å². The Morgan fingerprint density at radius 3 is 0.923 bits per heavy atom. The lowest BCUT2D eigenvalue weighted by Gasteiger charge is -2.30. The lowest BCUT2D eigenvalue weighted by atomic mass is 10.0. The Morgan fingerprint density at radius 2 is 0.577 bits per heavy atom. The van der Waals surface area contributed by atoms with Gasteiger partial charge in [0.25, 0.3) is 0 Å². The van der Waals surface area contributed by atoms with Crippen LogP contribution >= 0.6 is 14.5 Å². The third kappa shape index (κ3) is 7.24. The molecule has 0 saturated carbocycles. The fourth-order valence-corrected chi connectivity index (χ4v) is 16.2. The van der Waals surface area contributed by atoms with Gasteiger partial charge < -0.3 is 34.0 Å². The van der Waals surface area contributed by atoms with Crippen LogP contribution < -0.4 is 65.8 Å². The third-order valence-corrected chi connectivity index (χ3v) is 18.7. The summed E-state index contributed by atoms with van der Waals surface area (Å²) in [6.07, 6.45) is 1.88. The van der Waals surface area contributed by atoms with E-state index in [1.54, 1.807) is 0 Å². The molecule has 0 N–H and O–H groups in total. The van der Waals surface area contributed by atoms with Crippen LogP contribution in [0.15, 0.2) is 218 Å². The van der Waals surface area contributed by atoms with Crippen LogP contribution in [0.5, 0.6) is 0 Å². The Morgan fingerprint density at radius 1 is 0.288 bits per heavy atom. The van der Waals surface area contributed by atoms with Gasteiger partial charge in [0.2, 0.25) is 0 Å². The van der Waals surface area contributed by atoms with Gasteiger partial charge in [0.1, 0.15) is 46.4 Å². The van der Waals surface area contributed by atoms with Crippen LogP contribution in [0, 0.1) is 0 Å². The molecule has 0 atom stereocenters. The van der Waals surface area contributed by atoms with Crippen LogP contribution in [0.25, 0.3) is 10.8 Å². The minimum atomic E-state index is -2.12. The van der Waals surface area contributed by atoms with Crippen LogP contribution in [0.4, 0.5) is 0 Å². The third-order valence-electron chi connectivity index (χ3n) is 10.0. The second-order valence-electron chi connectivity index (χ2n) is 12.9. The standard InChI is InChI=1S/C48H40P2.2BrH/c1-7-22-42(23-8-1)49(43-24-9-2-10-25-43,44-26-11-3-12-27-44)37-39-35-40-21-19-20-34-48(40)41(36-39)38-50(45-28-13-4-14-29-45,46-30-15-5-16-31-46)47-32-17-6-18-33-47;;/h1-36H,37-38H2;2*1H/q+2;;/p-2. The van der Waals surface area contributed by atoms with Crippen LogP contribution in [-0.4, -0.2) is 0 Å². The van der Waals surface area contributed by atoms with Gasteiger partial charge in [-0.05, 0) is 107 Å². The van der Waals surface area contributed by atoms with Gasteiger partial charge in [-0.3, -0.25) is 0 Å². The molecular formula is C48H40Br2P2. The molecule has 0 nitrogen and oxygen atoms in total. The Bertz CT molecular complexity index is 2110. The van der Waals surface area contributed by atoms with Crippen molar-refractivity contribution in [1.29, 1.82) is 0 Å². The number of halogens is 2. The smallest absolute Gasteiger partial charge is 0.116 e. The summed E-state index contributed by atoms with van der Waals surface area (Å²) in [5.74, 6) is 0. The topological polar surface area (TPSA) is 0 Å². The van der Waals surface area contributed by atoms with Crippen molar-refractivity contribution in [2.45, 2.75) is 12.3 Å². The Hall–Kier alpha value is -4.16. The zero-order valence-corrected chi connectivity index (χ0v) is 33.8. The van der Waals surface area contributed by atoms with Gasteiger partial charge in [-0.1, -0.05) is 133 Å². The predicted molar refractivity (Wildman–Crippen MR) is 222 cm³/mol. The molecular weight excluding hydrogens is 798 g/mol. The molecule has 0 fully saturated rings. The summed E-state index contributed by atoms with van der Waals surface area (Å²) in [6.45, 7) is 0. The normalized spacial score (nSPS) is 11.3. The molecule has 4 heteroatoms. The summed E-state index contributed by atoms with van der Waals surface area (Å²) >= 11 is 0. The molecule has 256 valence electrons. The van der Waals surface area contributed by atoms with E-state index in [9.17, 15) is 0 Å². The van der Waals surface area contributed by atoms with Crippen molar-refractivity contribution >= 4 is 57.1 Å². The lowest BCUT2D eigenvalue weighted by molar-refractivity contribution is -0.00100. The van der Waals surface area contributed by atoms with Gasteiger partial charge in [-0.25, -0.2) is 0 Å². The number of hydrogen-bond donors (Lipinski definition) is 0. The monoisotopic (exact) mass is 836 g/mol. The fraction of sp³-hybridized carbons (Fsp3) is 0.0417. The molecule has 8 rings (SSSR count). The molecule has 0 radical (unpaired) electrons. The van der Waals surface area contributed by atoms with Crippen LogP contribution in [0.2, 0.25) is 0 Å². The first-order valence-corrected chi connectivity index (χ1v) is 21.3. The Labute approximate surface area is 330 Å². The molecule has 0 aliphatic carbocycles. The van der Waals surface area contributed by atoms with Gasteiger partial charge in [0, 0.05) is 0 Å². The molecule has 0 aromatic heterocycles. The van der Waals surface area contributed by atoms with Crippen molar-refractivity contribution in [3.05, 3.63) is 230 Å². The maximum absolute atomic E-state index is 2.56. The highest BCUT2D eigenvalue weighted by Crippen LogP contribution is 2.60. The van der Waals surface area contributed by atoms with Crippen molar-refractivity contribution in [2.75, 3.05) is 0 Å². The Kier molecular flexibility index (Phi) is 12.4. The Balaban J connectivity index is 0.00000232. The summed E-state index contributed by atoms with van der Waals surface area (Å²) in [4.78, 5) is 0. The summed E-state index contributed by atoms with van der Waals surface area (Å²) in [6, 6.07) is 81.7. The van der Waals surface area contributed by atoms with E-state index in [1.807, 2.05) is 0 Å². The zero-order valence-electron chi connectivity index (χ0n) is 28.8. The first-order chi connectivity index (χ1) is 24.8. The van der Waals surface area contributed by atoms with Gasteiger partial charge in [-0.15, -0.1) is 0 Å². The van der Waals surface area contributed by atoms with Crippen molar-refractivity contribution in [1.82, 2.24) is 0 Å². The highest BCUT2D eigenvalue weighted by Gasteiger charge is 2.47. The molecule has 0 amide bonds. The van der Waals surface area contributed by atoms with E-state index in [1.165, 1.54) is 53.7 Å². The molecule has 0 heterocycles. The number of benzene rings is 8. The fourth-order valence-electron chi connectivity index (χ4n) is 7.75. The summed E-state index contributed by atoms with van der Waals surface area (Å²) < 4.78 is 0. The number of hydrogen-bond acceptors (Lipinski definition) is 0. The molecule has 8 aromatic carbocycles. The van der Waals surface area contributed by atoms with Crippen molar-refractivity contribution < 1.29 is 34.0 Å². The predicted octanol–water partition coefficient (Wildman–Crippen LogP) is 3.84. The van der Waals surface area contributed by atoms with E-state index in [-0.39, 0.29) is 34.0 Å². The average molecular weight is 839 g/mol. The summed E-state index contributed by atoms with van der Waals surface area (Å²) in [7, 11) is -4.20. The first-order valence-electron chi connectivity index (χ1n) is 17.4. The quantitative estimate of drug-likeness (QED) is 0.184. The lowest BCUT2D eigenvalue weighted by Crippen LogP contribution is -3.00. The van der Waals surface area contributed by atoms with Crippen LogP contribution in [0.3, 0.4) is 0 Å². The van der Waals surface area contributed by atoms with Crippen LogP contribution in [-0.2, 0) is 12.3 Å². The highest BCUT2D eigenvalue weighted by molar-refractivity contribution is 7.95. The molecule has 8 aromatic rings. The van der Waals surface area contributed by atoms with E-state index >= 15 is 0 Å². The second kappa shape index (κ2) is 17.1. The molecule has 0 saturated heterocycles. The SMILES string of the molecule is [Br-].[Br-].c1ccc([P+](Cc2cc(C[P+](c3ccccc3)(c3ccccc3)c3ccccc3)c3ccccc3c2)(c2ccccc2)c2ccccc2)cc1. The minimum absolute atomic E-state index is 0. The second-order valence-corrected chi connectivity index (χ2v) is 19.9. The highest BCUT2D eigenvalue weighted by atomic mass is 79.9. The van der Waals surface area contributed by atoms with Crippen molar-refractivity contribution in [2.24, 2.45) is 0 Å². The van der Waals surface area contributed by atoms with Gasteiger partial charge >= 0.3 is 0 Å². The van der Waals surface area contributed by atoms with Gasteiger partial charge in [0.15, 0.2) is 0 Å². The van der Waals surface area contributed by atoms with E-state index in [2.05, 4.69) is 218 Å². The van der Waals surface area contributed by atoms with Crippen LogP contribution in [0.1, 0.15) is 11.1 Å². The minimum Gasteiger partial charge on any atom is -1.00 e. The largest absolute Gasteiger partial charge is 1.00 e. The maximum atomic E-state index is 2.56. The zero-order chi connectivity index (χ0) is 33.6. The molecule has 0 aliphatic rings. The first kappa shape index (κ1) is 37.6. The van der Waals surface area contributed by atoms with Crippen molar-refractivity contribution in [3.63, 3.8) is 0 Å². The summed E-state index contributed by atoms with van der Waals surface area (Å²) in [5, 5.41) is 11.1. The van der Waals surface area contributed by atoms with Gasteiger partial charge in [0.05, 0.1) is 12.3 Å². The molecule has 52 heavy (non-hydrogen) atoms. The van der Waals surface area contributed by atoms with E-state index < -0.39 is 14.5 Å². The number of fused-ring (bicyclic) bond motifs is 1. The van der Waals surface area contributed by atoms with E-state index in [4.69, 9.17) is 0 Å². The van der Waals surface area contributed by atoms with E-state index in [0.717, 1.165) is 12.3 Å². The van der Waals surface area contributed by atoms with Gasteiger partial charge in [-0.2, -0.15) is 0 Å². The maximum Gasteiger partial charge on any atom is 0.116 e. The molecule has 0 unspecified atom stereocenters. The molecule has 0 spiro atoms. The number of rotatable bonds is 10. The molecule has 0 bridgehead atoms. The molecule has 0 aliphatic heterocycles.